The highest BCUT2D eigenvalue weighted by Gasteiger charge is 2.28. The number of rotatable bonds is 3. The molecular formula is C11H14N4O. The Morgan fingerprint density at radius 3 is 2.81 bits per heavy atom. The van der Waals surface area contributed by atoms with Gasteiger partial charge in [0.15, 0.2) is 0 Å². The van der Waals surface area contributed by atoms with Gasteiger partial charge in [0, 0.05) is 12.0 Å². The van der Waals surface area contributed by atoms with Crippen molar-refractivity contribution in [3.05, 3.63) is 23.8 Å². The molecule has 0 aromatic carbocycles. The topological polar surface area (TPSA) is 70.7 Å². The van der Waals surface area contributed by atoms with Crippen molar-refractivity contribution < 1.29 is 4.79 Å². The van der Waals surface area contributed by atoms with Crippen LogP contribution in [0.3, 0.4) is 0 Å². The lowest BCUT2D eigenvalue weighted by atomic mass is 10.2. The highest BCUT2D eigenvalue weighted by Crippen LogP contribution is 2.37. The highest BCUT2D eigenvalue weighted by atomic mass is 16.2. The molecule has 1 amide bonds. The average Bonchev–Trinajstić information content (AvgIpc) is 2.82. The summed E-state index contributed by atoms with van der Waals surface area (Å²) in [5.74, 6) is 1.46. The van der Waals surface area contributed by atoms with Gasteiger partial charge in [0.1, 0.15) is 5.82 Å². The Bertz CT molecular complexity index is 425. The van der Waals surface area contributed by atoms with E-state index in [1.165, 1.54) is 0 Å². The molecule has 3 rings (SSSR count). The van der Waals surface area contributed by atoms with Crippen LogP contribution in [0.1, 0.15) is 48.0 Å². The quantitative estimate of drug-likeness (QED) is 0.747. The van der Waals surface area contributed by atoms with E-state index >= 15 is 0 Å². The number of hydrogen-bond donors (Lipinski definition) is 2. The number of hydrogen-bond acceptors (Lipinski definition) is 3. The largest absolute Gasteiger partial charge is 0.346 e. The summed E-state index contributed by atoms with van der Waals surface area (Å²) >= 11 is 0. The molecule has 0 unspecified atom stereocenters. The van der Waals surface area contributed by atoms with Crippen LogP contribution in [0.2, 0.25) is 0 Å². The van der Waals surface area contributed by atoms with Gasteiger partial charge in [-0.15, -0.1) is 5.10 Å². The first kappa shape index (κ1) is 9.57. The molecule has 1 aromatic rings. The number of H-pyrrole nitrogens is 1. The lowest BCUT2D eigenvalue weighted by Gasteiger charge is -2.09. The maximum atomic E-state index is 11.8. The molecule has 2 aliphatic carbocycles. The maximum Gasteiger partial charge on any atom is 0.291 e. The van der Waals surface area contributed by atoms with Crippen LogP contribution in [0.25, 0.3) is 0 Å². The zero-order valence-corrected chi connectivity index (χ0v) is 8.94. The van der Waals surface area contributed by atoms with E-state index in [0.717, 1.165) is 31.5 Å². The number of aromatic amines is 1. The molecule has 1 saturated carbocycles. The third-order valence-corrected chi connectivity index (χ3v) is 3.01. The van der Waals surface area contributed by atoms with E-state index in [1.807, 2.05) is 0 Å². The smallest absolute Gasteiger partial charge is 0.291 e. The van der Waals surface area contributed by atoms with Gasteiger partial charge >= 0.3 is 0 Å². The predicted molar refractivity (Wildman–Crippen MR) is 58.0 cm³/mol. The summed E-state index contributed by atoms with van der Waals surface area (Å²) < 4.78 is 0. The molecule has 2 N–H and O–H groups in total. The second-order valence-electron chi connectivity index (χ2n) is 4.43. The number of carbonyl (C=O) groups excluding carboxylic acids is 1. The second-order valence-corrected chi connectivity index (χ2v) is 4.43. The van der Waals surface area contributed by atoms with Crippen molar-refractivity contribution in [2.24, 2.45) is 0 Å². The van der Waals surface area contributed by atoms with Crippen molar-refractivity contribution in [2.75, 3.05) is 0 Å². The van der Waals surface area contributed by atoms with Crippen LogP contribution in [0.15, 0.2) is 12.2 Å². The van der Waals surface area contributed by atoms with Gasteiger partial charge in [0.05, 0.1) is 0 Å². The first-order valence-corrected chi connectivity index (χ1v) is 5.71. The monoisotopic (exact) mass is 218 g/mol. The van der Waals surface area contributed by atoms with Gasteiger partial charge in [-0.2, -0.15) is 0 Å². The van der Waals surface area contributed by atoms with Crippen LogP contribution < -0.4 is 5.32 Å². The third-order valence-electron chi connectivity index (χ3n) is 3.01. The molecule has 5 nitrogen and oxygen atoms in total. The normalized spacial score (nSPS) is 20.2. The molecule has 0 aliphatic heterocycles. The van der Waals surface area contributed by atoms with Crippen molar-refractivity contribution in [1.82, 2.24) is 20.5 Å². The summed E-state index contributed by atoms with van der Waals surface area (Å²) in [6, 6.07) is 0.218. The summed E-state index contributed by atoms with van der Waals surface area (Å²) in [7, 11) is 0. The van der Waals surface area contributed by atoms with Crippen LogP contribution in [0, 0.1) is 0 Å². The van der Waals surface area contributed by atoms with Gasteiger partial charge in [-0.1, -0.05) is 12.2 Å². The molecule has 1 aromatic heterocycles. The fraction of sp³-hybridized carbons (Fsp3) is 0.545. The van der Waals surface area contributed by atoms with E-state index in [1.54, 1.807) is 0 Å². The van der Waals surface area contributed by atoms with Gasteiger partial charge in [0.25, 0.3) is 5.91 Å². The Kier molecular flexibility index (Phi) is 2.23. The summed E-state index contributed by atoms with van der Waals surface area (Å²) in [6.07, 6.45) is 8.29. The Hall–Kier alpha value is -1.65. The predicted octanol–water partition coefficient (Wildman–Crippen LogP) is 1.13. The molecule has 0 bridgehead atoms. The fourth-order valence-corrected chi connectivity index (χ4v) is 1.90. The van der Waals surface area contributed by atoms with Crippen LogP contribution in [-0.2, 0) is 0 Å². The molecule has 0 saturated heterocycles. The lowest BCUT2D eigenvalue weighted by Crippen LogP contribution is -2.33. The second kappa shape index (κ2) is 3.73. The fourth-order valence-electron chi connectivity index (χ4n) is 1.90. The minimum absolute atomic E-state index is 0.170. The number of nitrogens with zero attached hydrogens (tertiary/aromatic N) is 2. The molecule has 5 heteroatoms. The molecule has 1 heterocycles. The Morgan fingerprint density at radius 2 is 2.12 bits per heavy atom. The summed E-state index contributed by atoms with van der Waals surface area (Å²) in [5, 5.41) is 9.71. The van der Waals surface area contributed by atoms with Crippen LogP contribution in [0.4, 0.5) is 0 Å². The van der Waals surface area contributed by atoms with E-state index in [9.17, 15) is 4.79 Å². The van der Waals surface area contributed by atoms with Crippen molar-refractivity contribution in [3.8, 4) is 0 Å². The number of carbonyl (C=O) groups is 1. The van der Waals surface area contributed by atoms with Gasteiger partial charge in [-0.05, 0) is 25.7 Å². The zero-order chi connectivity index (χ0) is 11.0. The maximum absolute atomic E-state index is 11.8. The van der Waals surface area contributed by atoms with Gasteiger partial charge in [-0.25, -0.2) is 4.98 Å². The van der Waals surface area contributed by atoms with Crippen LogP contribution >= 0.6 is 0 Å². The standard InChI is InChI=1S/C11H14N4O/c16-11(12-8-3-1-2-4-8)10-13-9(14-15-10)7-5-6-7/h1-2,7-8H,3-6H2,(H,12,16)(H,13,14,15). The highest BCUT2D eigenvalue weighted by molar-refractivity contribution is 5.90. The summed E-state index contributed by atoms with van der Waals surface area (Å²) in [5.41, 5.74) is 0. The van der Waals surface area contributed by atoms with E-state index in [4.69, 9.17) is 0 Å². The van der Waals surface area contributed by atoms with E-state index in [0.29, 0.717) is 5.92 Å². The van der Waals surface area contributed by atoms with Gasteiger partial charge in [-0.3, -0.25) is 9.89 Å². The molecular weight excluding hydrogens is 204 g/mol. The minimum atomic E-state index is -0.170. The average molecular weight is 218 g/mol. The zero-order valence-electron chi connectivity index (χ0n) is 8.94. The first-order valence-electron chi connectivity index (χ1n) is 5.71. The SMILES string of the molecule is O=C(NC1CC=CC1)c1n[nH]c(C2CC2)n1. The van der Waals surface area contributed by atoms with Gasteiger partial charge < -0.3 is 5.32 Å². The van der Waals surface area contributed by atoms with Crippen LogP contribution in [0.5, 0.6) is 0 Å². The number of nitrogens with one attached hydrogen (secondary N) is 2. The Balaban J connectivity index is 1.63. The molecule has 0 atom stereocenters. The number of aromatic nitrogens is 3. The van der Waals surface area contributed by atoms with Gasteiger partial charge in [0.2, 0.25) is 5.82 Å². The van der Waals surface area contributed by atoms with Crippen molar-refractivity contribution in [2.45, 2.75) is 37.6 Å². The molecule has 0 radical (unpaired) electrons. The minimum Gasteiger partial charge on any atom is -0.346 e. The molecule has 1 fully saturated rings. The summed E-state index contributed by atoms with van der Waals surface area (Å²) in [6.45, 7) is 0. The number of amides is 1. The molecule has 2 aliphatic rings. The van der Waals surface area contributed by atoms with E-state index < -0.39 is 0 Å². The van der Waals surface area contributed by atoms with Crippen LogP contribution in [-0.4, -0.2) is 27.1 Å². The first-order chi connectivity index (χ1) is 7.83. The molecule has 84 valence electrons. The summed E-state index contributed by atoms with van der Waals surface area (Å²) in [4.78, 5) is 16.0. The molecule has 16 heavy (non-hydrogen) atoms. The van der Waals surface area contributed by atoms with E-state index in [2.05, 4.69) is 32.7 Å². The van der Waals surface area contributed by atoms with Crippen molar-refractivity contribution in [1.29, 1.82) is 0 Å². The molecule has 0 spiro atoms. The Morgan fingerprint density at radius 1 is 1.38 bits per heavy atom. The van der Waals surface area contributed by atoms with Crippen molar-refractivity contribution in [3.63, 3.8) is 0 Å². The third kappa shape index (κ3) is 1.85. The van der Waals surface area contributed by atoms with E-state index in [-0.39, 0.29) is 17.8 Å². The van der Waals surface area contributed by atoms with Crippen molar-refractivity contribution >= 4 is 5.91 Å². The Labute approximate surface area is 93.3 Å². The lowest BCUT2D eigenvalue weighted by molar-refractivity contribution is 0.0929.